The number of nitrogens with one attached hydrogen (secondary N) is 1. The van der Waals surface area contributed by atoms with Crippen LogP contribution in [-0.2, 0) is 6.54 Å². The first-order valence-corrected chi connectivity index (χ1v) is 8.76. The summed E-state index contributed by atoms with van der Waals surface area (Å²) in [7, 11) is 0. The van der Waals surface area contributed by atoms with Gasteiger partial charge in [0.1, 0.15) is 0 Å². The van der Waals surface area contributed by atoms with Crippen molar-refractivity contribution in [1.29, 1.82) is 0 Å². The molecule has 26 heavy (non-hydrogen) atoms. The van der Waals surface area contributed by atoms with Crippen LogP contribution in [0.25, 0.3) is 22.0 Å². The Kier molecular flexibility index (Phi) is 4.46. The predicted octanol–water partition coefficient (Wildman–Crippen LogP) is 5.28. The highest BCUT2D eigenvalue weighted by Gasteiger charge is 2.17. The normalized spacial score (nSPS) is 10.8. The van der Waals surface area contributed by atoms with Crippen molar-refractivity contribution in [1.82, 2.24) is 4.09 Å². The monoisotopic (exact) mass is 360 g/mol. The van der Waals surface area contributed by atoms with Crippen molar-refractivity contribution in [3.05, 3.63) is 101 Å². The highest BCUT2D eigenvalue weighted by Crippen LogP contribution is 2.32. The third kappa shape index (κ3) is 2.98. The fraction of sp³-hybridized carbons (Fsp3) is 0.0455. The molecule has 4 aromatic rings. The summed E-state index contributed by atoms with van der Waals surface area (Å²) in [4.78, 5) is 13.0. The fourth-order valence-corrected chi connectivity index (χ4v) is 3.38. The van der Waals surface area contributed by atoms with Crippen LogP contribution in [0.4, 0.5) is 5.69 Å². The van der Waals surface area contributed by atoms with Gasteiger partial charge in [0.15, 0.2) is 0 Å². The van der Waals surface area contributed by atoms with E-state index < -0.39 is 0 Å². The number of rotatable bonds is 4. The summed E-state index contributed by atoms with van der Waals surface area (Å²) in [6, 6.07) is 27.4. The number of aromatic nitrogens is 1. The summed E-state index contributed by atoms with van der Waals surface area (Å²) in [5, 5.41) is 4.38. The molecule has 0 spiro atoms. The summed E-state index contributed by atoms with van der Waals surface area (Å²) in [6.07, 6.45) is 0. The molecule has 0 saturated heterocycles. The summed E-state index contributed by atoms with van der Waals surface area (Å²) in [5.41, 5.74) is 3.83. The van der Waals surface area contributed by atoms with Crippen LogP contribution in [0.15, 0.2) is 89.7 Å². The smallest absolute Gasteiger partial charge is 0.275 e. The summed E-state index contributed by atoms with van der Waals surface area (Å²) in [5.74, 6) is 0. The standard InChI is InChI=1S/C22H17ClN2O/c23-25-19-14-8-7-13-18(19)21(24-15-16-9-3-1-4-10-16)20(22(25)26)17-11-5-2-6-12-17/h1-14,24H,15H2. The van der Waals surface area contributed by atoms with Gasteiger partial charge in [-0.05, 0) is 17.2 Å². The first-order valence-electron chi connectivity index (χ1n) is 8.43. The molecule has 0 aliphatic rings. The maximum atomic E-state index is 13.0. The lowest BCUT2D eigenvalue weighted by Gasteiger charge is -2.16. The van der Waals surface area contributed by atoms with Gasteiger partial charge in [0, 0.05) is 23.7 Å². The van der Waals surface area contributed by atoms with Crippen LogP contribution in [0.2, 0.25) is 0 Å². The number of fused-ring (bicyclic) bond motifs is 1. The van der Waals surface area contributed by atoms with E-state index in [0.717, 1.165) is 22.2 Å². The average Bonchev–Trinajstić information content (AvgIpc) is 2.71. The molecule has 0 aliphatic heterocycles. The van der Waals surface area contributed by atoms with Crippen molar-refractivity contribution in [3.63, 3.8) is 0 Å². The first-order chi connectivity index (χ1) is 12.8. The van der Waals surface area contributed by atoms with Gasteiger partial charge in [-0.1, -0.05) is 78.9 Å². The number of hydrogen-bond acceptors (Lipinski definition) is 2. The number of pyridine rings is 1. The maximum absolute atomic E-state index is 13.0. The van der Waals surface area contributed by atoms with Gasteiger partial charge in [0.25, 0.3) is 5.56 Å². The van der Waals surface area contributed by atoms with Crippen molar-refractivity contribution in [2.75, 3.05) is 5.32 Å². The second-order valence-electron chi connectivity index (χ2n) is 6.06. The molecule has 0 atom stereocenters. The van der Waals surface area contributed by atoms with E-state index in [1.807, 2.05) is 72.8 Å². The Labute approximate surface area is 156 Å². The molecule has 0 amide bonds. The fourth-order valence-electron chi connectivity index (χ4n) is 3.15. The zero-order valence-corrected chi connectivity index (χ0v) is 14.8. The summed E-state index contributed by atoms with van der Waals surface area (Å²) >= 11 is 6.35. The molecule has 0 unspecified atom stereocenters. The van der Waals surface area contributed by atoms with Crippen LogP contribution >= 0.6 is 11.8 Å². The van der Waals surface area contributed by atoms with Gasteiger partial charge in [-0.25, -0.2) is 4.09 Å². The number of benzene rings is 3. The molecule has 1 N–H and O–H groups in total. The molecule has 1 aromatic heterocycles. The third-order valence-corrected chi connectivity index (χ3v) is 4.74. The Morgan fingerprint density at radius 2 is 1.42 bits per heavy atom. The van der Waals surface area contributed by atoms with E-state index in [4.69, 9.17) is 11.8 Å². The average molecular weight is 361 g/mol. The number of halogens is 1. The summed E-state index contributed by atoms with van der Waals surface area (Å²) < 4.78 is 1.20. The topological polar surface area (TPSA) is 34.0 Å². The molecular formula is C22H17ClN2O. The molecule has 0 bridgehead atoms. The van der Waals surface area contributed by atoms with Gasteiger partial charge in [-0.15, -0.1) is 0 Å². The largest absolute Gasteiger partial charge is 0.380 e. The van der Waals surface area contributed by atoms with E-state index in [-0.39, 0.29) is 5.56 Å². The molecule has 3 nitrogen and oxygen atoms in total. The second kappa shape index (κ2) is 7.06. The molecular weight excluding hydrogens is 344 g/mol. The van der Waals surface area contributed by atoms with Gasteiger partial charge < -0.3 is 5.32 Å². The lowest BCUT2D eigenvalue weighted by atomic mass is 10.0. The number of hydrogen-bond donors (Lipinski definition) is 1. The van der Waals surface area contributed by atoms with Crippen LogP contribution in [-0.4, -0.2) is 4.09 Å². The van der Waals surface area contributed by atoms with Crippen LogP contribution in [0, 0.1) is 0 Å². The number of nitrogens with zero attached hydrogens (tertiary/aromatic N) is 1. The van der Waals surface area contributed by atoms with Gasteiger partial charge in [0.05, 0.1) is 16.8 Å². The Hall–Kier alpha value is -3.04. The van der Waals surface area contributed by atoms with Crippen LogP contribution in [0.1, 0.15) is 5.56 Å². The van der Waals surface area contributed by atoms with E-state index in [9.17, 15) is 4.79 Å². The highest BCUT2D eigenvalue weighted by atomic mass is 35.5. The zero-order valence-electron chi connectivity index (χ0n) is 14.0. The SMILES string of the molecule is O=c1c(-c2ccccc2)c(NCc2ccccc2)c2ccccc2n1Cl. The van der Waals surface area contributed by atoms with E-state index in [0.29, 0.717) is 17.6 Å². The minimum absolute atomic E-state index is 0.230. The second-order valence-corrected chi connectivity index (χ2v) is 6.40. The molecule has 0 fully saturated rings. The van der Waals surface area contributed by atoms with Gasteiger partial charge in [-0.3, -0.25) is 4.79 Å². The predicted molar refractivity (Wildman–Crippen MR) is 109 cm³/mol. The minimum atomic E-state index is -0.230. The van der Waals surface area contributed by atoms with Gasteiger partial charge >= 0.3 is 0 Å². The zero-order chi connectivity index (χ0) is 17.9. The van der Waals surface area contributed by atoms with Crippen molar-refractivity contribution in [3.8, 4) is 11.1 Å². The lowest BCUT2D eigenvalue weighted by Crippen LogP contribution is -2.18. The van der Waals surface area contributed by atoms with E-state index in [2.05, 4.69) is 17.4 Å². The van der Waals surface area contributed by atoms with Crippen LogP contribution in [0.3, 0.4) is 0 Å². The molecule has 0 saturated carbocycles. The molecule has 4 rings (SSSR count). The third-order valence-electron chi connectivity index (χ3n) is 4.40. The van der Waals surface area contributed by atoms with Crippen LogP contribution < -0.4 is 10.9 Å². The minimum Gasteiger partial charge on any atom is -0.380 e. The van der Waals surface area contributed by atoms with Gasteiger partial charge in [0.2, 0.25) is 0 Å². The Bertz CT molecular complexity index is 1110. The maximum Gasteiger partial charge on any atom is 0.275 e. The van der Waals surface area contributed by atoms with Gasteiger partial charge in [-0.2, -0.15) is 0 Å². The van der Waals surface area contributed by atoms with Crippen molar-refractivity contribution < 1.29 is 0 Å². The number of para-hydroxylation sites is 1. The van der Waals surface area contributed by atoms with Crippen molar-refractivity contribution >= 4 is 28.4 Å². The van der Waals surface area contributed by atoms with E-state index in [1.54, 1.807) is 0 Å². The molecule has 1 heterocycles. The van der Waals surface area contributed by atoms with Crippen LogP contribution in [0.5, 0.6) is 0 Å². The molecule has 3 aromatic carbocycles. The Balaban J connectivity index is 1.93. The number of anilines is 1. The molecule has 0 radical (unpaired) electrons. The Morgan fingerprint density at radius 3 is 2.15 bits per heavy atom. The van der Waals surface area contributed by atoms with Crippen molar-refractivity contribution in [2.24, 2.45) is 0 Å². The highest BCUT2D eigenvalue weighted by molar-refractivity contribution is 6.20. The lowest BCUT2D eigenvalue weighted by molar-refractivity contribution is 1.13. The van der Waals surface area contributed by atoms with E-state index in [1.165, 1.54) is 4.09 Å². The van der Waals surface area contributed by atoms with E-state index >= 15 is 0 Å². The summed E-state index contributed by atoms with van der Waals surface area (Å²) in [6.45, 7) is 0.621. The quantitative estimate of drug-likeness (QED) is 0.537. The first kappa shape index (κ1) is 16.4. The Morgan fingerprint density at radius 1 is 0.808 bits per heavy atom. The molecule has 4 heteroatoms. The molecule has 0 aliphatic carbocycles. The molecule has 128 valence electrons. The van der Waals surface area contributed by atoms with Crippen molar-refractivity contribution in [2.45, 2.75) is 6.54 Å².